The van der Waals surface area contributed by atoms with Gasteiger partial charge in [-0.05, 0) is 25.7 Å². The molecule has 0 aromatic carbocycles. The lowest BCUT2D eigenvalue weighted by Crippen LogP contribution is -2.55. The third kappa shape index (κ3) is 2.98. The quantitative estimate of drug-likeness (QED) is 0.503. The molecule has 0 saturated heterocycles. The molecule has 0 N–H and O–H groups in total. The van der Waals surface area contributed by atoms with E-state index in [1.54, 1.807) is 0 Å². The SMILES string of the molecule is CCCCCOC1CC(Cl)C12CCCCCC2. The maximum absolute atomic E-state index is 6.51. The minimum atomic E-state index is 0.351. The summed E-state index contributed by atoms with van der Waals surface area (Å²) in [5, 5.41) is 0.386. The number of alkyl halides is 1. The lowest BCUT2D eigenvalue weighted by atomic mass is 9.61. The van der Waals surface area contributed by atoms with Gasteiger partial charge in [-0.1, -0.05) is 45.4 Å². The summed E-state index contributed by atoms with van der Waals surface area (Å²) in [7, 11) is 0. The molecule has 2 aliphatic rings. The molecule has 2 atom stereocenters. The van der Waals surface area contributed by atoms with Crippen molar-refractivity contribution in [3.05, 3.63) is 0 Å². The third-order valence-corrected chi connectivity index (χ3v) is 5.40. The molecule has 0 radical (unpaired) electrons. The molecule has 17 heavy (non-hydrogen) atoms. The summed E-state index contributed by atoms with van der Waals surface area (Å²) in [6, 6.07) is 0. The summed E-state index contributed by atoms with van der Waals surface area (Å²) >= 11 is 6.51. The van der Waals surface area contributed by atoms with Gasteiger partial charge in [0.25, 0.3) is 0 Å². The van der Waals surface area contributed by atoms with Crippen molar-refractivity contribution in [1.29, 1.82) is 0 Å². The van der Waals surface area contributed by atoms with Gasteiger partial charge in [-0.2, -0.15) is 0 Å². The number of rotatable bonds is 5. The zero-order valence-corrected chi connectivity index (χ0v) is 12.0. The largest absolute Gasteiger partial charge is 0.378 e. The predicted molar refractivity (Wildman–Crippen MR) is 73.7 cm³/mol. The molecule has 1 nitrogen and oxygen atoms in total. The highest BCUT2D eigenvalue weighted by Gasteiger charge is 2.54. The molecular weight excluding hydrogens is 232 g/mol. The van der Waals surface area contributed by atoms with Gasteiger partial charge in [0, 0.05) is 17.4 Å². The highest BCUT2D eigenvalue weighted by Crippen LogP contribution is 2.55. The summed E-state index contributed by atoms with van der Waals surface area (Å²) in [6.07, 6.45) is 13.5. The van der Waals surface area contributed by atoms with Crippen LogP contribution in [0.5, 0.6) is 0 Å². The lowest BCUT2D eigenvalue weighted by Gasteiger charge is -2.53. The molecular formula is C15H27ClO. The fourth-order valence-corrected chi connectivity index (χ4v) is 4.05. The molecule has 1 spiro atoms. The average molecular weight is 259 g/mol. The minimum absolute atomic E-state index is 0.351. The molecule has 0 amide bonds. The Hall–Kier alpha value is 0.250. The molecule has 2 aliphatic carbocycles. The van der Waals surface area contributed by atoms with E-state index in [1.165, 1.54) is 57.8 Å². The van der Waals surface area contributed by atoms with Gasteiger partial charge < -0.3 is 4.74 Å². The first-order chi connectivity index (χ1) is 8.29. The van der Waals surface area contributed by atoms with Crippen LogP contribution in [0.1, 0.15) is 71.1 Å². The zero-order chi connectivity index (χ0) is 12.1. The van der Waals surface area contributed by atoms with Crippen LogP contribution in [0.25, 0.3) is 0 Å². The van der Waals surface area contributed by atoms with E-state index in [0.29, 0.717) is 16.9 Å². The van der Waals surface area contributed by atoms with E-state index in [0.717, 1.165) is 13.0 Å². The Kier molecular flexibility index (Phi) is 5.17. The Morgan fingerprint density at radius 3 is 2.41 bits per heavy atom. The first-order valence-electron chi connectivity index (χ1n) is 7.55. The van der Waals surface area contributed by atoms with Crippen molar-refractivity contribution in [3.63, 3.8) is 0 Å². The Bertz CT molecular complexity index is 221. The van der Waals surface area contributed by atoms with Crippen LogP contribution in [0.15, 0.2) is 0 Å². The van der Waals surface area contributed by atoms with Crippen LogP contribution >= 0.6 is 11.6 Å². The topological polar surface area (TPSA) is 9.23 Å². The van der Waals surface area contributed by atoms with Crippen LogP contribution < -0.4 is 0 Å². The molecule has 2 heteroatoms. The van der Waals surface area contributed by atoms with Gasteiger partial charge in [-0.3, -0.25) is 0 Å². The Labute approximate surface area is 111 Å². The summed E-state index contributed by atoms with van der Waals surface area (Å²) in [4.78, 5) is 0. The van der Waals surface area contributed by atoms with Gasteiger partial charge >= 0.3 is 0 Å². The average Bonchev–Trinajstić information content (AvgIpc) is 2.60. The Morgan fingerprint density at radius 2 is 1.82 bits per heavy atom. The standard InChI is InChI=1S/C15H27ClO/c1-2-3-8-11-17-14-12-13(16)15(14)9-6-4-5-7-10-15/h13-14H,2-12H2,1H3. The van der Waals surface area contributed by atoms with E-state index in [4.69, 9.17) is 16.3 Å². The molecule has 0 bridgehead atoms. The van der Waals surface area contributed by atoms with Gasteiger partial charge in [0.05, 0.1) is 6.10 Å². The number of halogens is 1. The second-order valence-electron chi connectivity index (χ2n) is 5.92. The highest BCUT2D eigenvalue weighted by atomic mass is 35.5. The van der Waals surface area contributed by atoms with Gasteiger partial charge in [0.1, 0.15) is 0 Å². The molecule has 0 aromatic heterocycles. The molecule has 2 rings (SSSR count). The molecule has 2 saturated carbocycles. The van der Waals surface area contributed by atoms with Crippen LogP contribution in [0.2, 0.25) is 0 Å². The van der Waals surface area contributed by atoms with E-state index >= 15 is 0 Å². The second-order valence-corrected chi connectivity index (χ2v) is 6.44. The first kappa shape index (κ1) is 13.7. The van der Waals surface area contributed by atoms with Crippen molar-refractivity contribution >= 4 is 11.6 Å². The van der Waals surface area contributed by atoms with E-state index in [-0.39, 0.29) is 0 Å². The smallest absolute Gasteiger partial charge is 0.0659 e. The molecule has 100 valence electrons. The first-order valence-corrected chi connectivity index (χ1v) is 7.99. The lowest BCUT2D eigenvalue weighted by molar-refractivity contribution is -0.115. The van der Waals surface area contributed by atoms with E-state index in [9.17, 15) is 0 Å². The summed E-state index contributed by atoms with van der Waals surface area (Å²) in [5.41, 5.74) is 0.351. The van der Waals surface area contributed by atoms with Crippen LogP contribution in [0.3, 0.4) is 0 Å². The zero-order valence-electron chi connectivity index (χ0n) is 11.2. The number of ether oxygens (including phenoxy) is 1. The van der Waals surface area contributed by atoms with Crippen molar-refractivity contribution in [2.75, 3.05) is 6.61 Å². The number of unbranched alkanes of at least 4 members (excludes halogenated alkanes) is 2. The summed E-state index contributed by atoms with van der Waals surface area (Å²) < 4.78 is 6.11. The van der Waals surface area contributed by atoms with Gasteiger partial charge in [0.15, 0.2) is 0 Å². The van der Waals surface area contributed by atoms with Crippen LogP contribution in [0.4, 0.5) is 0 Å². The molecule has 2 fully saturated rings. The monoisotopic (exact) mass is 258 g/mol. The van der Waals surface area contributed by atoms with E-state index < -0.39 is 0 Å². The van der Waals surface area contributed by atoms with Crippen molar-refractivity contribution < 1.29 is 4.74 Å². The van der Waals surface area contributed by atoms with Crippen LogP contribution in [-0.2, 0) is 4.74 Å². The summed E-state index contributed by atoms with van der Waals surface area (Å²) in [6.45, 7) is 3.19. The van der Waals surface area contributed by atoms with Gasteiger partial charge in [-0.25, -0.2) is 0 Å². The Balaban J connectivity index is 1.81. The maximum atomic E-state index is 6.51. The molecule has 0 heterocycles. The second kappa shape index (κ2) is 6.43. The van der Waals surface area contributed by atoms with E-state index in [2.05, 4.69) is 6.92 Å². The fourth-order valence-electron chi connectivity index (χ4n) is 3.53. The minimum Gasteiger partial charge on any atom is -0.378 e. The van der Waals surface area contributed by atoms with Crippen molar-refractivity contribution in [3.8, 4) is 0 Å². The van der Waals surface area contributed by atoms with Crippen molar-refractivity contribution in [1.82, 2.24) is 0 Å². The number of hydrogen-bond acceptors (Lipinski definition) is 1. The van der Waals surface area contributed by atoms with E-state index in [1.807, 2.05) is 0 Å². The molecule has 2 unspecified atom stereocenters. The van der Waals surface area contributed by atoms with Crippen molar-refractivity contribution in [2.45, 2.75) is 82.6 Å². The Morgan fingerprint density at radius 1 is 1.12 bits per heavy atom. The normalized spacial score (nSPS) is 32.1. The van der Waals surface area contributed by atoms with Crippen molar-refractivity contribution in [2.24, 2.45) is 5.41 Å². The number of hydrogen-bond donors (Lipinski definition) is 0. The van der Waals surface area contributed by atoms with Gasteiger partial charge in [0.2, 0.25) is 0 Å². The molecule has 0 aromatic rings. The third-order valence-electron chi connectivity index (χ3n) is 4.79. The van der Waals surface area contributed by atoms with Gasteiger partial charge in [-0.15, -0.1) is 11.6 Å². The van der Waals surface area contributed by atoms with Crippen LogP contribution in [-0.4, -0.2) is 18.1 Å². The predicted octanol–water partition coefficient (Wildman–Crippen LogP) is 4.91. The fraction of sp³-hybridized carbons (Fsp3) is 1.00. The maximum Gasteiger partial charge on any atom is 0.0659 e. The van der Waals surface area contributed by atoms with Crippen LogP contribution in [0, 0.1) is 5.41 Å². The molecule has 0 aliphatic heterocycles. The highest BCUT2D eigenvalue weighted by molar-refractivity contribution is 6.21. The summed E-state index contributed by atoms with van der Waals surface area (Å²) in [5.74, 6) is 0.